The third-order valence-electron chi connectivity index (χ3n) is 5.70. The molecule has 5 rings (SSSR count). The molecule has 2 aliphatic rings. The van der Waals surface area contributed by atoms with Gasteiger partial charge in [0.1, 0.15) is 11.6 Å². The van der Waals surface area contributed by atoms with Gasteiger partial charge in [-0.15, -0.1) is 0 Å². The lowest BCUT2D eigenvalue weighted by Gasteiger charge is -2.36. The van der Waals surface area contributed by atoms with E-state index >= 15 is 0 Å². The van der Waals surface area contributed by atoms with Gasteiger partial charge in [-0.3, -0.25) is 9.59 Å². The molecule has 156 valence electrons. The molecule has 1 aromatic heterocycles. The molecule has 1 aliphatic heterocycles. The lowest BCUT2D eigenvalue weighted by molar-refractivity contribution is -0.122. The van der Waals surface area contributed by atoms with Crippen LogP contribution in [0.1, 0.15) is 35.4 Å². The van der Waals surface area contributed by atoms with E-state index in [1.165, 1.54) is 11.8 Å². The average Bonchev–Trinajstić information content (AvgIpc) is 2.77. The number of ketones is 1. The average molecular weight is 494 g/mol. The molecule has 0 bridgehead atoms. The molecule has 0 radical (unpaired) electrons. The largest absolute Gasteiger partial charge is 0.343 e. The summed E-state index contributed by atoms with van der Waals surface area (Å²) in [5.41, 5.74) is 3.27. The summed E-state index contributed by atoms with van der Waals surface area (Å²) in [4.78, 5) is 33.8. The zero-order valence-electron chi connectivity index (χ0n) is 16.6. The van der Waals surface area contributed by atoms with Gasteiger partial charge in [-0.25, -0.2) is 4.98 Å². The van der Waals surface area contributed by atoms with Gasteiger partial charge in [0.25, 0.3) is 5.56 Å². The first-order chi connectivity index (χ1) is 15.1. The van der Waals surface area contributed by atoms with E-state index in [4.69, 9.17) is 4.98 Å². The van der Waals surface area contributed by atoms with Crippen LogP contribution in [0.2, 0.25) is 0 Å². The molecule has 0 saturated carbocycles. The summed E-state index contributed by atoms with van der Waals surface area (Å²) in [6.07, 6.45) is 3.27. The number of thioether (sulfide) groups is 1. The second kappa shape index (κ2) is 8.48. The Kier molecular flexibility index (Phi) is 5.54. The lowest BCUT2D eigenvalue weighted by Crippen LogP contribution is -2.38. The monoisotopic (exact) mass is 493 g/mol. The van der Waals surface area contributed by atoms with Crippen LogP contribution < -0.4 is 10.9 Å². The number of carbonyl (C=O) groups excluding carboxylic acids is 1. The van der Waals surface area contributed by atoms with Gasteiger partial charge in [-0.1, -0.05) is 76.2 Å². The van der Waals surface area contributed by atoms with Crippen LogP contribution in [-0.2, 0) is 10.5 Å². The zero-order valence-corrected chi connectivity index (χ0v) is 19.0. The normalized spacial score (nSPS) is 19.8. The highest BCUT2D eigenvalue weighted by molar-refractivity contribution is 9.10. The van der Waals surface area contributed by atoms with Crippen molar-refractivity contribution in [2.75, 3.05) is 5.32 Å². The van der Waals surface area contributed by atoms with Crippen LogP contribution in [0.25, 0.3) is 0 Å². The standard InChI is InChI=1S/C24H20BrN3O2S/c25-16-9-4-8-15(12-16)19-20-17(10-5-11-18(20)29)26-22-21(19)23(30)28-24(27-22)31-13-14-6-2-1-3-7-14/h1-4,6-10,12,19-20H,5,11,13H2,(H2,26,27,28,30). The topological polar surface area (TPSA) is 74.8 Å². The van der Waals surface area contributed by atoms with Gasteiger partial charge in [-0.05, 0) is 29.7 Å². The highest BCUT2D eigenvalue weighted by Crippen LogP contribution is 2.45. The molecule has 2 N–H and O–H groups in total. The number of benzene rings is 2. The highest BCUT2D eigenvalue weighted by Gasteiger charge is 2.42. The van der Waals surface area contributed by atoms with Crippen LogP contribution >= 0.6 is 27.7 Å². The molecule has 2 atom stereocenters. The van der Waals surface area contributed by atoms with Gasteiger partial charge >= 0.3 is 0 Å². The maximum absolute atomic E-state index is 13.3. The predicted octanol–water partition coefficient (Wildman–Crippen LogP) is 5.25. The van der Waals surface area contributed by atoms with Crippen LogP contribution in [-0.4, -0.2) is 15.8 Å². The van der Waals surface area contributed by atoms with Crippen molar-refractivity contribution in [3.8, 4) is 0 Å². The molecule has 2 heterocycles. The third-order valence-corrected chi connectivity index (χ3v) is 7.14. The molecule has 2 aromatic carbocycles. The summed E-state index contributed by atoms with van der Waals surface area (Å²) < 4.78 is 0.915. The van der Waals surface area contributed by atoms with Gasteiger partial charge in [0.2, 0.25) is 0 Å². The first-order valence-corrected chi connectivity index (χ1v) is 11.9. The van der Waals surface area contributed by atoms with Crippen molar-refractivity contribution in [2.45, 2.75) is 29.7 Å². The number of aromatic nitrogens is 2. The van der Waals surface area contributed by atoms with E-state index in [1.54, 1.807) is 0 Å². The molecule has 31 heavy (non-hydrogen) atoms. The fourth-order valence-corrected chi connectivity index (χ4v) is 5.56. The number of rotatable bonds is 4. The van der Waals surface area contributed by atoms with Gasteiger partial charge < -0.3 is 10.3 Å². The molecule has 1 aliphatic carbocycles. The first-order valence-electron chi connectivity index (χ1n) is 10.2. The Morgan fingerprint density at radius 2 is 1.90 bits per heavy atom. The van der Waals surface area contributed by atoms with Crippen molar-refractivity contribution in [1.29, 1.82) is 0 Å². The fourth-order valence-electron chi connectivity index (χ4n) is 4.32. The maximum Gasteiger partial charge on any atom is 0.257 e. The van der Waals surface area contributed by atoms with Crippen molar-refractivity contribution < 1.29 is 4.79 Å². The number of allylic oxidation sites excluding steroid dienone is 2. The molecule has 0 fully saturated rings. The summed E-state index contributed by atoms with van der Waals surface area (Å²) in [5.74, 6) is 0.657. The second-order valence-electron chi connectivity index (χ2n) is 7.71. The first kappa shape index (κ1) is 20.3. The van der Waals surface area contributed by atoms with Crippen LogP contribution in [0.3, 0.4) is 0 Å². The predicted molar refractivity (Wildman–Crippen MR) is 126 cm³/mol. The number of anilines is 1. The van der Waals surface area contributed by atoms with E-state index in [0.29, 0.717) is 35.1 Å². The van der Waals surface area contributed by atoms with E-state index in [1.807, 2.05) is 54.6 Å². The van der Waals surface area contributed by atoms with Crippen LogP contribution in [0, 0.1) is 5.92 Å². The number of hydrogen-bond donors (Lipinski definition) is 2. The summed E-state index contributed by atoms with van der Waals surface area (Å²) in [7, 11) is 0. The maximum atomic E-state index is 13.3. The number of aromatic amines is 1. The number of halogens is 1. The van der Waals surface area contributed by atoms with Crippen LogP contribution in [0.15, 0.2) is 80.8 Å². The van der Waals surface area contributed by atoms with Crippen molar-refractivity contribution in [3.05, 3.63) is 97.9 Å². The van der Waals surface area contributed by atoms with E-state index in [0.717, 1.165) is 21.3 Å². The minimum absolute atomic E-state index is 0.155. The summed E-state index contributed by atoms with van der Waals surface area (Å²) in [5, 5.41) is 3.87. The van der Waals surface area contributed by atoms with Gasteiger partial charge in [0, 0.05) is 28.3 Å². The number of fused-ring (bicyclic) bond motifs is 2. The minimum atomic E-state index is -0.388. The number of nitrogens with zero attached hydrogens (tertiary/aromatic N) is 1. The van der Waals surface area contributed by atoms with Crippen molar-refractivity contribution in [3.63, 3.8) is 0 Å². The Morgan fingerprint density at radius 1 is 1.06 bits per heavy atom. The van der Waals surface area contributed by atoms with Crippen molar-refractivity contribution in [1.82, 2.24) is 9.97 Å². The smallest absolute Gasteiger partial charge is 0.257 e. The Balaban J connectivity index is 1.58. The van der Waals surface area contributed by atoms with Crippen molar-refractivity contribution >= 4 is 39.3 Å². The molecular formula is C24H20BrN3O2S. The lowest BCUT2D eigenvalue weighted by atomic mass is 9.72. The summed E-state index contributed by atoms with van der Waals surface area (Å²) >= 11 is 5.01. The van der Waals surface area contributed by atoms with Crippen molar-refractivity contribution in [2.24, 2.45) is 5.92 Å². The molecule has 7 heteroatoms. The number of H-pyrrole nitrogens is 1. The number of Topliss-reactive ketones (excluding diaryl/α,β-unsaturated/α-hetero) is 1. The van der Waals surface area contributed by atoms with Crippen LogP contribution in [0.4, 0.5) is 5.82 Å². The van der Waals surface area contributed by atoms with Crippen LogP contribution in [0.5, 0.6) is 0 Å². The number of nitrogens with one attached hydrogen (secondary N) is 2. The molecule has 2 unspecified atom stereocenters. The number of carbonyl (C=O) groups is 1. The summed E-state index contributed by atoms with van der Waals surface area (Å²) in [6.45, 7) is 0. The Labute approximate surface area is 192 Å². The van der Waals surface area contributed by atoms with E-state index in [-0.39, 0.29) is 23.2 Å². The third kappa shape index (κ3) is 4.00. The Hall–Kier alpha value is -2.64. The Morgan fingerprint density at radius 3 is 2.71 bits per heavy atom. The van der Waals surface area contributed by atoms with Gasteiger partial charge in [0.15, 0.2) is 5.16 Å². The Bertz CT molecular complexity index is 1240. The quantitative estimate of drug-likeness (QED) is 0.383. The van der Waals surface area contributed by atoms with E-state index < -0.39 is 0 Å². The molecular weight excluding hydrogens is 474 g/mol. The van der Waals surface area contributed by atoms with Gasteiger partial charge in [0.05, 0.1) is 11.5 Å². The molecule has 0 spiro atoms. The van der Waals surface area contributed by atoms with E-state index in [2.05, 4.69) is 32.3 Å². The SMILES string of the molecule is O=C1CCC=C2Nc3nc(SCc4ccccc4)[nH]c(=O)c3C(c3cccc(Br)c3)C12. The summed E-state index contributed by atoms with van der Waals surface area (Å²) in [6, 6.07) is 17.9. The van der Waals surface area contributed by atoms with E-state index in [9.17, 15) is 9.59 Å². The molecule has 5 nitrogen and oxygen atoms in total. The minimum Gasteiger partial charge on any atom is -0.343 e. The zero-order chi connectivity index (χ0) is 21.4. The molecule has 0 amide bonds. The molecule has 0 saturated heterocycles. The highest BCUT2D eigenvalue weighted by atomic mass is 79.9. The fraction of sp³-hybridized carbons (Fsp3) is 0.208. The number of hydrogen-bond acceptors (Lipinski definition) is 5. The van der Waals surface area contributed by atoms with Gasteiger partial charge in [-0.2, -0.15) is 0 Å². The molecule has 3 aromatic rings. The second-order valence-corrected chi connectivity index (χ2v) is 9.59.